The van der Waals surface area contributed by atoms with Crippen LogP contribution in [0.2, 0.25) is 5.02 Å². The van der Waals surface area contributed by atoms with Gasteiger partial charge in [-0.1, -0.05) is 48.0 Å². The summed E-state index contributed by atoms with van der Waals surface area (Å²) in [6, 6.07) is 15.7. The molecule has 0 saturated carbocycles. The molecule has 5 nitrogen and oxygen atoms in total. The molecule has 1 unspecified atom stereocenters. The lowest BCUT2D eigenvalue weighted by Gasteiger charge is -2.29. The van der Waals surface area contributed by atoms with Gasteiger partial charge in [0.2, 0.25) is 0 Å². The zero-order chi connectivity index (χ0) is 17.9. The number of carbonyl (C=O) groups excluding carboxylic acids is 1. The van der Waals surface area contributed by atoms with E-state index >= 15 is 0 Å². The second kappa shape index (κ2) is 7.45. The summed E-state index contributed by atoms with van der Waals surface area (Å²) in [6.07, 6.45) is 0.439. The van der Waals surface area contributed by atoms with Crippen LogP contribution in [-0.2, 0) is 16.4 Å². The SMILES string of the molecule is O=C(Nc1ccccc1)N(Cc1ccccc1Cl)C1CCS(=O)(=O)C1. The molecule has 1 aliphatic rings. The predicted octanol–water partition coefficient (Wildman–Crippen LogP) is 3.56. The highest BCUT2D eigenvalue weighted by Crippen LogP contribution is 2.24. The molecule has 0 bridgehead atoms. The van der Waals surface area contributed by atoms with E-state index in [2.05, 4.69) is 5.32 Å². The van der Waals surface area contributed by atoms with E-state index < -0.39 is 9.84 Å². The Hall–Kier alpha value is -2.05. The third-order valence-corrected chi connectivity index (χ3v) is 6.35. The van der Waals surface area contributed by atoms with Crippen LogP contribution in [0.15, 0.2) is 54.6 Å². The minimum Gasteiger partial charge on any atom is -0.316 e. The van der Waals surface area contributed by atoms with Gasteiger partial charge in [-0.15, -0.1) is 0 Å². The third kappa shape index (κ3) is 4.52. The van der Waals surface area contributed by atoms with Gasteiger partial charge < -0.3 is 10.2 Å². The lowest BCUT2D eigenvalue weighted by atomic mass is 10.1. The van der Waals surface area contributed by atoms with Crippen LogP contribution in [0.1, 0.15) is 12.0 Å². The van der Waals surface area contributed by atoms with Crippen LogP contribution in [0.5, 0.6) is 0 Å². The molecule has 25 heavy (non-hydrogen) atoms. The summed E-state index contributed by atoms with van der Waals surface area (Å²) in [5.41, 5.74) is 1.45. The summed E-state index contributed by atoms with van der Waals surface area (Å²) in [5, 5.41) is 3.39. The van der Waals surface area contributed by atoms with Crippen LogP contribution < -0.4 is 5.32 Å². The minimum atomic E-state index is -3.10. The normalized spacial score (nSPS) is 18.7. The smallest absolute Gasteiger partial charge is 0.316 e. The number of sulfone groups is 1. The number of rotatable bonds is 4. The highest BCUT2D eigenvalue weighted by atomic mass is 35.5. The Morgan fingerprint density at radius 1 is 1.12 bits per heavy atom. The van der Waals surface area contributed by atoms with E-state index in [1.807, 2.05) is 36.4 Å². The number of benzene rings is 2. The summed E-state index contributed by atoms with van der Waals surface area (Å²) >= 11 is 6.22. The maximum atomic E-state index is 12.8. The van der Waals surface area contributed by atoms with Crippen LogP contribution >= 0.6 is 11.6 Å². The van der Waals surface area contributed by atoms with E-state index in [0.717, 1.165) is 5.56 Å². The molecule has 1 saturated heterocycles. The van der Waals surface area contributed by atoms with Gasteiger partial charge in [0.1, 0.15) is 0 Å². The van der Waals surface area contributed by atoms with E-state index in [-0.39, 0.29) is 30.1 Å². The topological polar surface area (TPSA) is 66.5 Å². The molecule has 7 heteroatoms. The lowest BCUT2D eigenvalue weighted by Crippen LogP contribution is -2.43. The Kier molecular flexibility index (Phi) is 5.30. The Bertz CT molecular complexity index is 856. The lowest BCUT2D eigenvalue weighted by molar-refractivity contribution is 0.190. The van der Waals surface area contributed by atoms with Gasteiger partial charge in [-0.3, -0.25) is 0 Å². The van der Waals surface area contributed by atoms with Gasteiger partial charge in [0.05, 0.1) is 11.5 Å². The third-order valence-electron chi connectivity index (χ3n) is 4.23. The molecule has 2 aromatic carbocycles. The molecule has 0 aromatic heterocycles. The molecule has 1 aliphatic heterocycles. The Balaban J connectivity index is 1.83. The number of amides is 2. The number of halogens is 1. The second-order valence-electron chi connectivity index (χ2n) is 6.07. The van der Waals surface area contributed by atoms with Crippen molar-refractivity contribution in [2.45, 2.75) is 19.0 Å². The van der Waals surface area contributed by atoms with Crippen molar-refractivity contribution in [3.63, 3.8) is 0 Å². The van der Waals surface area contributed by atoms with Crippen LogP contribution in [0.4, 0.5) is 10.5 Å². The van der Waals surface area contributed by atoms with Gasteiger partial charge in [0, 0.05) is 23.3 Å². The fourth-order valence-electron chi connectivity index (χ4n) is 2.91. The van der Waals surface area contributed by atoms with Gasteiger partial charge in [-0.25, -0.2) is 13.2 Å². The molecule has 2 aromatic rings. The van der Waals surface area contributed by atoms with E-state index in [1.165, 1.54) is 0 Å². The first-order valence-corrected chi connectivity index (χ1v) is 10.2. The van der Waals surface area contributed by atoms with E-state index in [4.69, 9.17) is 11.6 Å². The summed E-state index contributed by atoms with van der Waals surface area (Å²) in [6.45, 7) is 0.262. The summed E-state index contributed by atoms with van der Waals surface area (Å²) in [4.78, 5) is 14.4. The fourth-order valence-corrected chi connectivity index (χ4v) is 4.84. The Morgan fingerprint density at radius 3 is 2.44 bits per heavy atom. The molecule has 132 valence electrons. The second-order valence-corrected chi connectivity index (χ2v) is 8.71. The number of anilines is 1. The average Bonchev–Trinajstić information content (AvgIpc) is 2.94. The average molecular weight is 379 g/mol. The molecule has 1 heterocycles. The number of carbonyl (C=O) groups is 1. The van der Waals surface area contributed by atoms with Crippen molar-refractivity contribution < 1.29 is 13.2 Å². The van der Waals surface area contributed by atoms with E-state index in [9.17, 15) is 13.2 Å². The van der Waals surface area contributed by atoms with Gasteiger partial charge in [-0.2, -0.15) is 0 Å². The highest BCUT2D eigenvalue weighted by Gasteiger charge is 2.35. The first-order valence-electron chi connectivity index (χ1n) is 8.01. The van der Waals surface area contributed by atoms with E-state index in [1.54, 1.807) is 23.1 Å². The van der Waals surface area contributed by atoms with Crippen molar-refractivity contribution in [1.82, 2.24) is 4.90 Å². The van der Waals surface area contributed by atoms with Gasteiger partial charge >= 0.3 is 6.03 Å². The fraction of sp³-hybridized carbons (Fsp3) is 0.278. The maximum absolute atomic E-state index is 12.8. The molecule has 3 rings (SSSR count). The van der Waals surface area contributed by atoms with Gasteiger partial charge in [0.15, 0.2) is 9.84 Å². The van der Waals surface area contributed by atoms with Crippen molar-refractivity contribution in [2.75, 3.05) is 16.8 Å². The van der Waals surface area contributed by atoms with Gasteiger partial charge in [0.25, 0.3) is 0 Å². The van der Waals surface area contributed by atoms with E-state index in [0.29, 0.717) is 17.1 Å². The van der Waals surface area contributed by atoms with Crippen LogP contribution in [0.3, 0.4) is 0 Å². The van der Waals surface area contributed by atoms with Crippen molar-refractivity contribution >= 4 is 33.2 Å². The first-order chi connectivity index (χ1) is 11.9. The molecular formula is C18H19ClN2O3S. The highest BCUT2D eigenvalue weighted by molar-refractivity contribution is 7.91. The maximum Gasteiger partial charge on any atom is 0.322 e. The Labute approximate surface area is 152 Å². The monoisotopic (exact) mass is 378 g/mol. The zero-order valence-corrected chi connectivity index (χ0v) is 15.1. The van der Waals surface area contributed by atoms with Crippen molar-refractivity contribution in [2.24, 2.45) is 0 Å². The number of nitrogens with zero attached hydrogens (tertiary/aromatic N) is 1. The standard InChI is InChI=1S/C18H19ClN2O3S/c19-17-9-5-4-6-14(17)12-21(16-10-11-25(23,24)13-16)18(22)20-15-7-2-1-3-8-15/h1-9,16H,10-13H2,(H,20,22). The molecule has 2 amide bonds. The molecule has 0 aliphatic carbocycles. The molecule has 0 spiro atoms. The summed E-state index contributed by atoms with van der Waals surface area (Å²) in [5.74, 6) is 0.0922. The summed E-state index contributed by atoms with van der Waals surface area (Å²) < 4.78 is 23.7. The van der Waals surface area contributed by atoms with Crippen LogP contribution in [0, 0.1) is 0 Å². The van der Waals surface area contributed by atoms with Crippen molar-refractivity contribution in [1.29, 1.82) is 0 Å². The number of nitrogens with one attached hydrogen (secondary N) is 1. The zero-order valence-electron chi connectivity index (χ0n) is 13.6. The van der Waals surface area contributed by atoms with Gasteiger partial charge in [-0.05, 0) is 30.2 Å². The number of urea groups is 1. The Morgan fingerprint density at radius 2 is 1.80 bits per heavy atom. The van der Waals surface area contributed by atoms with Crippen LogP contribution in [0.25, 0.3) is 0 Å². The molecule has 1 fully saturated rings. The number of para-hydroxylation sites is 1. The molecule has 1 atom stereocenters. The summed E-state index contributed by atoms with van der Waals surface area (Å²) in [7, 11) is -3.10. The van der Waals surface area contributed by atoms with Crippen molar-refractivity contribution in [3.8, 4) is 0 Å². The quantitative estimate of drug-likeness (QED) is 0.884. The van der Waals surface area contributed by atoms with Crippen molar-refractivity contribution in [3.05, 3.63) is 65.2 Å². The largest absolute Gasteiger partial charge is 0.322 e. The first kappa shape index (κ1) is 17.8. The predicted molar refractivity (Wildman–Crippen MR) is 99.5 cm³/mol. The molecular weight excluding hydrogens is 360 g/mol. The molecule has 1 N–H and O–H groups in total. The molecule has 0 radical (unpaired) electrons. The van der Waals surface area contributed by atoms with Crippen LogP contribution in [-0.4, -0.2) is 36.9 Å². The minimum absolute atomic E-state index is 0.0142. The number of hydrogen-bond acceptors (Lipinski definition) is 3. The number of hydrogen-bond donors (Lipinski definition) is 1.